The summed E-state index contributed by atoms with van der Waals surface area (Å²) in [6.07, 6.45) is 0.698. The number of aromatic hydroxyl groups is 1. The molecule has 0 aromatic heterocycles. The lowest BCUT2D eigenvalue weighted by atomic mass is 9.92. The number of hydrogen-bond acceptors (Lipinski definition) is 2. The molecular formula is C17H10O2. The van der Waals surface area contributed by atoms with Crippen molar-refractivity contribution in [2.45, 2.75) is 0 Å². The zero-order chi connectivity index (χ0) is 13.0. The summed E-state index contributed by atoms with van der Waals surface area (Å²) in [5, 5.41) is 16.4. The van der Waals surface area contributed by atoms with Gasteiger partial charge < -0.3 is 5.11 Å². The SMILES string of the molecule is O=Cc1cc2ccc3cccc4ccc(c1O)c2c34. The van der Waals surface area contributed by atoms with Gasteiger partial charge in [-0.2, -0.15) is 0 Å². The van der Waals surface area contributed by atoms with E-state index >= 15 is 0 Å². The highest BCUT2D eigenvalue weighted by molar-refractivity contribution is 6.25. The summed E-state index contributed by atoms with van der Waals surface area (Å²) in [6, 6.07) is 15.8. The Morgan fingerprint density at radius 3 is 2.26 bits per heavy atom. The van der Waals surface area contributed by atoms with Crippen LogP contribution in [0.2, 0.25) is 0 Å². The third kappa shape index (κ3) is 1.23. The molecule has 4 aromatic rings. The van der Waals surface area contributed by atoms with Crippen molar-refractivity contribution in [1.29, 1.82) is 0 Å². The number of carbonyl (C=O) groups is 1. The fourth-order valence-corrected chi connectivity index (χ4v) is 2.91. The van der Waals surface area contributed by atoms with Gasteiger partial charge >= 0.3 is 0 Å². The molecule has 4 aromatic carbocycles. The second kappa shape index (κ2) is 3.45. The summed E-state index contributed by atoms with van der Waals surface area (Å²) in [5.41, 5.74) is 0.339. The van der Waals surface area contributed by atoms with Crippen LogP contribution in [0.15, 0.2) is 48.5 Å². The average molecular weight is 246 g/mol. The molecule has 0 saturated heterocycles. The molecule has 0 atom stereocenters. The van der Waals surface area contributed by atoms with Gasteiger partial charge in [-0.15, -0.1) is 0 Å². The monoisotopic (exact) mass is 246 g/mol. The quantitative estimate of drug-likeness (QED) is 0.405. The van der Waals surface area contributed by atoms with E-state index in [1.807, 2.05) is 24.3 Å². The van der Waals surface area contributed by atoms with Crippen molar-refractivity contribution in [2.24, 2.45) is 0 Å². The lowest BCUT2D eigenvalue weighted by Crippen LogP contribution is -1.88. The maximum Gasteiger partial charge on any atom is 0.153 e. The molecule has 2 heteroatoms. The molecule has 0 aliphatic carbocycles. The van der Waals surface area contributed by atoms with Crippen LogP contribution in [-0.2, 0) is 0 Å². The molecule has 90 valence electrons. The molecule has 0 fully saturated rings. The number of phenolic OH excluding ortho intramolecular Hbond substituents is 1. The minimum absolute atomic E-state index is 0.0701. The zero-order valence-corrected chi connectivity index (χ0v) is 10.1. The molecule has 1 N–H and O–H groups in total. The summed E-state index contributed by atoms with van der Waals surface area (Å²) < 4.78 is 0. The van der Waals surface area contributed by atoms with Crippen LogP contribution in [-0.4, -0.2) is 11.4 Å². The highest BCUT2D eigenvalue weighted by Gasteiger charge is 2.13. The normalized spacial score (nSPS) is 11.6. The molecule has 0 saturated carbocycles. The standard InChI is InChI=1S/C17H10O2/c18-9-13-8-12-5-4-10-2-1-3-11-6-7-14(17(13)19)16(12)15(10)11/h1-9,19H. The van der Waals surface area contributed by atoms with Gasteiger partial charge in [0, 0.05) is 10.8 Å². The number of phenols is 1. The summed E-state index contributed by atoms with van der Waals surface area (Å²) >= 11 is 0. The molecule has 0 aliphatic heterocycles. The maximum absolute atomic E-state index is 11.0. The van der Waals surface area contributed by atoms with Crippen LogP contribution in [0.4, 0.5) is 0 Å². The molecular weight excluding hydrogens is 236 g/mol. The van der Waals surface area contributed by atoms with Gasteiger partial charge in [0.15, 0.2) is 6.29 Å². The Kier molecular flexibility index (Phi) is 1.88. The molecule has 4 rings (SSSR count). The van der Waals surface area contributed by atoms with Gasteiger partial charge in [-0.05, 0) is 33.7 Å². The van der Waals surface area contributed by atoms with Crippen LogP contribution >= 0.6 is 0 Å². The van der Waals surface area contributed by atoms with Crippen LogP contribution in [0, 0.1) is 0 Å². The number of carbonyl (C=O) groups excluding carboxylic acids is 1. The smallest absolute Gasteiger partial charge is 0.153 e. The lowest BCUT2D eigenvalue weighted by Gasteiger charge is -2.12. The molecule has 0 radical (unpaired) electrons. The van der Waals surface area contributed by atoms with E-state index in [9.17, 15) is 9.90 Å². The Morgan fingerprint density at radius 2 is 1.53 bits per heavy atom. The van der Waals surface area contributed by atoms with E-state index in [1.54, 1.807) is 6.07 Å². The number of hydrogen-bond donors (Lipinski definition) is 1. The Labute approximate surface area is 109 Å². The second-order valence-corrected chi connectivity index (χ2v) is 4.79. The van der Waals surface area contributed by atoms with E-state index in [-0.39, 0.29) is 5.75 Å². The highest BCUT2D eigenvalue weighted by Crippen LogP contribution is 2.39. The van der Waals surface area contributed by atoms with Gasteiger partial charge in [-0.25, -0.2) is 0 Å². The van der Waals surface area contributed by atoms with Gasteiger partial charge in [-0.3, -0.25) is 4.79 Å². The average Bonchev–Trinajstić information content (AvgIpc) is 2.46. The van der Waals surface area contributed by atoms with Crippen molar-refractivity contribution in [3.8, 4) is 5.75 Å². The van der Waals surface area contributed by atoms with Crippen LogP contribution in [0.5, 0.6) is 5.75 Å². The Hall–Kier alpha value is -2.61. The van der Waals surface area contributed by atoms with Crippen molar-refractivity contribution < 1.29 is 9.90 Å². The fraction of sp³-hybridized carbons (Fsp3) is 0. The molecule has 0 amide bonds. The van der Waals surface area contributed by atoms with Crippen molar-refractivity contribution in [3.05, 3.63) is 54.1 Å². The minimum atomic E-state index is 0.0701. The number of rotatable bonds is 1. The Balaban J connectivity index is 2.41. The predicted molar refractivity (Wildman–Crippen MR) is 77.2 cm³/mol. The van der Waals surface area contributed by atoms with Crippen LogP contribution in [0.3, 0.4) is 0 Å². The lowest BCUT2D eigenvalue weighted by molar-refractivity contribution is 0.112. The van der Waals surface area contributed by atoms with Gasteiger partial charge in [0.05, 0.1) is 5.56 Å². The van der Waals surface area contributed by atoms with Crippen molar-refractivity contribution >= 4 is 38.6 Å². The van der Waals surface area contributed by atoms with Crippen molar-refractivity contribution in [1.82, 2.24) is 0 Å². The van der Waals surface area contributed by atoms with Crippen molar-refractivity contribution in [3.63, 3.8) is 0 Å². The summed E-state index contributed by atoms with van der Waals surface area (Å²) in [6.45, 7) is 0. The molecule has 0 bridgehead atoms. The number of aldehydes is 1. The number of benzene rings is 4. The van der Waals surface area contributed by atoms with Crippen LogP contribution in [0.25, 0.3) is 32.3 Å². The van der Waals surface area contributed by atoms with Gasteiger partial charge in [0.2, 0.25) is 0 Å². The molecule has 19 heavy (non-hydrogen) atoms. The fourth-order valence-electron chi connectivity index (χ4n) is 2.91. The van der Waals surface area contributed by atoms with E-state index in [2.05, 4.69) is 18.2 Å². The summed E-state index contributed by atoms with van der Waals surface area (Å²) in [4.78, 5) is 11.0. The van der Waals surface area contributed by atoms with Crippen molar-refractivity contribution in [2.75, 3.05) is 0 Å². The molecule has 0 aliphatic rings. The minimum Gasteiger partial charge on any atom is -0.507 e. The van der Waals surface area contributed by atoms with E-state index in [0.29, 0.717) is 11.8 Å². The summed E-state index contributed by atoms with van der Waals surface area (Å²) in [7, 11) is 0. The van der Waals surface area contributed by atoms with Crippen LogP contribution < -0.4 is 0 Å². The highest BCUT2D eigenvalue weighted by atomic mass is 16.3. The first-order valence-electron chi connectivity index (χ1n) is 6.14. The van der Waals surface area contributed by atoms with Gasteiger partial charge in [0.1, 0.15) is 5.75 Å². The predicted octanol–water partition coefficient (Wildman–Crippen LogP) is 4.10. The third-order valence-electron chi connectivity index (χ3n) is 3.78. The van der Waals surface area contributed by atoms with E-state index in [4.69, 9.17) is 0 Å². The van der Waals surface area contributed by atoms with Gasteiger partial charge in [0.25, 0.3) is 0 Å². The first-order chi connectivity index (χ1) is 9.29. The summed E-state index contributed by atoms with van der Waals surface area (Å²) in [5.74, 6) is 0.0701. The Bertz CT molecular complexity index is 922. The molecule has 0 unspecified atom stereocenters. The third-order valence-corrected chi connectivity index (χ3v) is 3.78. The van der Waals surface area contributed by atoms with Gasteiger partial charge in [-0.1, -0.05) is 36.4 Å². The van der Waals surface area contributed by atoms with E-state index in [1.165, 1.54) is 0 Å². The van der Waals surface area contributed by atoms with Crippen LogP contribution in [0.1, 0.15) is 10.4 Å². The first kappa shape index (κ1) is 10.3. The second-order valence-electron chi connectivity index (χ2n) is 4.79. The topological polar surface area (TPSA) is 37.3 Å². The molecule has 2 nitrogen and oxygen atoms in total. The maximum atomic E-state index is 11.0. The molecule has 0 spiro atoms. The first-order valence-corrected chi connectivity index (χ1v) is 6.14. The molecule has 0 heterocycles. The van der Waals surface area contributed by atoms with E-state index in [0.717, 1.165) is 32.3 Å². The largest absolute Gasteiger partial charge is 0.507 e. The Morgan fingerprint density at radius 1 is 0.842 bits per heavy atom. The van der Waals surface area contributed by atoms with E-state index < -0.39 is 0 Å². The zero-order valence-electron chi connectivity index (χ0n) is 10.1.